The van der Waals surface area contributed by atoms with Crippen molar-refractivity contribution in [2.24, 2.45) is 0 Å². The van der Waals surface area contributed by atoms with Crippen LogP contribution in [0.2, 0.25) is 0 Å². The SMILES string of the molecule is CSc1ccc(-c2noc(Cn3cnccc3=O)n2)cc1. The summed E-state index contributed by atoms with van der Waals surface area (Å²) >= 11 is 1.67. The molecule has 0 unspecified atom stereocenters. The van der Waals surface area contributed by atoms with Gasteiger partial charge in [0.25, 0.3) is 5.56 Å². The predicted molar refractivity (Wildman–Crippen MR) is 79.1 cm³/mol. The number of nitrogens with zero attached hydrogens (tertiary/aromatic N) is 4. The molecule has 0 aliphatic rings. The number of aromatic nitrogens is 4. The van der Waals surface area contributed by atoms with E-state index in [4.69, 9.17) is 4.52 Å². The van der Waals surface area contributed by atoms with E-state index in [1.807, 2.05) is 30.5 Å². The summed E-state index contributed by atoms with van der Waals surface area (Å²) < 4.78 is 6.59. The smallest absolute Gasteiger partial charge is 0.253 e. The lowest BCUT2D eigenvalue weighted by Crippen LogP contribution is -2.19. The summed E-state index contributed by atoms with van der Waals surface area (Å²) in [5.41, 5.74) is 0.718. The average molecular weight is 300 g/mol. The van der Waals surface area contributed by atoms with Gasteiger partial charge in [-0.15, -0.1) is 11.8 Å². The van der Waals surface area contributed by atoms with Crippen molar-refractivity contribution in [3.8, 4) is 11.4 Å². The van der Waals surface area contributed by atoms with Crippen LogP contribution in [0.3, 0.4) is 0 Å². The second kappa shape index (κ2) is 5.92. The lowest BCUT2D eigenvalue weighted by atomic mass is 10.2. The van der Waals surface area contributed by atoms with E-state index in [1.54, 1.807) is 11.8 Å². The molecule has 0 radical (unpaired) electrons. The first-order valence-electron chi connectivity index (χ1n) is 6.24. The molecule has 0 amide bonds. The van der Waals surface area contributed by atoms with E-state index in [0.29, 0.717) is 11.7 Å². The van der Waals surface area contributed by atoms with E-state index < -0.39 is 0 Å². The Hall–Kier alpha value is -2.41. The van der Waals surface area contributed by atoms with E-state index in [2.05, 4.69) is 15.1 Å². The minimum atomic E-state index is -0.158. The van der Waals surface area contributed by atoms with Crippen molar-refractivity contribution >= 4 is 11.8 Å². The molecule has 0 fully saturated rings. The van der Waals surface area contributed by atoms with Crippen molar-refractivity contribution in [3.63, 3.8) is 0 Å². The largest absolute Gasteiger partial charge is 0.337 e. The van der Waals surface area contributed by atoms with Gasteiger partial charge in [0, 0.05) is 22.7 Å². The van der Waals surface area contributed by atoms with Gasteiger partial charge >= 0.3 is 0 Å². The molecule has 0 bridgehead atoms. The Morgan fingerprint density at radius 1 is 1.24 bits per heavy atom. The molecule has 0 atom stereocenters. The summed E-state index contributed by atoms with van der Waals surface area (Å²) in [4.78, 5) is 21.0. The van der Waals surface area contributed by atoms with Gasteiger partial charge in [-0.05, 0) is 30.5 Å². The number of benzene rings is 1. The lowest BCUT2D eigenvalue weighted by molar-refractivity contribution is 0.369. The fraction of sp³-hybridized carbons (Fsp3) is 0.143. The van der Waals surface area contributed by atoms with Crippen molar-refractivity contribution in [1.29, 1.82) is 0 Å². The molecular formula is C14H12N4O2S. The zero-order valence-corrected chi connectivity index (χ0v) is 12.1. The summed E-state index contributed by atoms with van der Waals surface area (Å²) in [6.07, 6.45) is 4.91. The average Bonchev–Trinajstić information content (AvgIpc) is 2.98. The first kappa shape index (κ1) is 13.6. The fourth-order valence-electron chi connectivity index (χ4n) is 1.82. The highest BCUT2D eigenvalue weighted by Crippen LogP contribution is 2.20. The molecule has 0 aliphatic carbocycles. The number of thioether (sulfide) groups is 1. The summed E-state index contributed by atoms with van der Waals surface area (Å²) in [5, 5.41) is 3.94. The van der Waals surface area contributed by atoms with Crippen LogP contribution >= 0.6 is 11.8 Å². The van der Waals surface area contributed by atoms with E-state index >= 15 is 0 Å². The fourth-order valence-corrected chi connectivity index (χ4v) is 2.23. The molecular weight excluding hydrogens is 288 g/mol. The summed E-state index contributed by atoms with van der Waals surface area (Å²) in [6.45, 7) is 0.211. The zero-order chi connectivity index (χ0) is 14.7. The molecule has 3 rings (SSSR count). The van der Waals surface area contributed by atoms with Gasteiger partial charge in [0.2, 0.25) is 11.7 Å². The van der Waals surface area contributed by atoms with Crippen LogP contribution in [0.25, 0.3) is 11.4 Å². The van der Waals surface area contributed by atoms with E-state index in [-0.39, 0.29) is 12.1 Å². The minimum Gasteiger partial charge on any atom is -0.337 e. The number of hydrogen-bond acceptors (Lipinski definition) is 6. The van der Waals surface area contributed by atoms with E-state index in [1.165, 1.54) is 28.1 Å². The highest BCUT2D eigenvalue weighted by atomic mass is 32.2. The molecule has 0 saturated carbocycles. The molecule has 7 heteroatoms. The molecule has 21 heavy (non-hydrogen) atoms. The first-order chi connectivity index (χ1) is 10.3. The monoisotopic (exact) mass is 300 g/mol. The molecule has 0 aliphatic heterocycles. The minimum absolute atomic E-state index is 0.158. The van der Waals surface area contributed by atoms with Gasteiger partial charge in [-0.2, -0.15) is 4.98 Å². The van der Waals surface area contributed by atoms with Crippen LogP contribution in [0.5, 0.6) is 0 Å². The van der Waals surface area contributed by atoms with Crippen LogP contribution in [0.15, 0.2) is 57.1 Å². The van der Waals surface area contributed by atoms with Crippen molar-refractivity contribution in [1.82, 2.24) is 19.7 Å². The highest BCUT2D eigenvalue weighted by molar-refractivity contribution is 7.98. The van der Waals surface area contributed by atoms with Crippen molar-refractivity contribution in [2.45, 2.75) is 11.4 Å². The maximum absolute atomic E-state index is 11.6. The van der Waals surface area contributed by atoms with E-state index in [9.17, 15) is 4.79 Å². The normalized spacial score (nSPS) is 10.7. The van der Waals surface area contributed by atoms with Gasteiger partial charge < -0.3 is 4.52 Å². The zero-order valence-electron chi connectivity index (χ0n) is 11.3. The van der Waals surface area contributed by atoms with Gasteiger partial charge in [0.05, 0.1) is 6.33 Å². The van der Waals surface area contributed by atoms with Crippen LogP contribution in [-0.2, 0) is 6.54 Å². The van der Waals surface area contributed by atoms with Crippen LogP contribution in [0.4, 0.5) is 0 Å². The number of rotatable bonds is 4. The molecule has 0 N–H and O–H groups in total. The highest BCUT2D eigenvalue weighted by Gasteiger charge is 2.09. The molecule has 6 nitrogen and oxygen atoms in total. The molecule has 2 aromatic heterocycles. The third kappa shape index (κ3) is 3.03. The Kier molecular flexibility index (Phi) is 3.83. The predicted octanol–water partition coefficient (Wildman–Crippen LogP) is 2.06. The topological polar surface area (TPSA) is 73.8 Å². The van der Waals surface area contributed by atoms with Crippen LogP contribution in [0.1, 0.15) is 5.89 Å². The molecule has 2 heterocycles. The van der Waals surface area contributed by atoms with E-state index in [0.717, 1.165) is 5.56 Å². The standard InChI is InChI=1S/C14H12N4O2S/c1-21-11-4-2-10(3-5-11)14-16-12(20-17-14)8-18-9-15-7-6-13(18)19/h2-7,9H,8H2,1H3. The lowest BCUT2D eigenvalue weighted by Gasteiger charge is -1.98. The van der Waals surface area contributed by atoms with Crippen LogP contribution in [-0.4, -0.2) is 25.9 Å². The third-order valence-electron chi connectivity index (χ3n) is 2.91. The Morgan fingerprint density at radius 3 is 2.76 bits per heavy atom. The molecule has 0 spiro atoms. The second-order valence-electron chi connectivity index (χ2n) is 4.29. The summed E-state index contributed by atoms with van der Waals surface area (Å²) in [7, 11) is 0. The Labute approximate surface area is 124 Å². The van der Waals surface area contributed by atoms with Crippen LogP contribution in [0, 0.1) is 0 Å². The van der Waals surface area contributed by atoms with Crippen molar-refractivity contribution in [2.75, 3.05) is 6.26 Å². The van der Waals surface area contributed by atoms with Gasteiger partial charge in [-0.25, -0.2) is 4.98 Å². The Morgan fingerprint density at radius 2 is 2.05 bits per heavy atom. The van der Waals surface area contributed by atoms with Gasteiger partial charge in [-0.3, -0.25) is 9.36 Å². The molecule has 0 saturated heterocycles. The summed E-state index contributed by atoms with van der Waals surface area (Å²) in [5.74, 6) is 0.878. The van der Waals surface area contributed by atoms with Crippen molar-refractivity contribution < 1.29 is 4.52 Å². The maximum atomic E-state index is 11.6. The quantitative estimate of drug-likeness (QED) is 0.687. The third-order valence-corrected chi connectivity index (χ3v) is 3.66. The van der Waals surface area contributed by atoms with Crippen molar-refractivity contribution in [3.05, 3.63) is 59.1 Å². The maximum Gasteiger partial charge on any atom is 0.253 e. The molecule has 3 aromatic rings. The van der Waals surface area contributed by atoms with Gasteiger partial charge in [0.15, 0.2) is 0 Å². The second-order valence-corrected chi connectivity index (χ2v) is 5.17. The van der Waals surface area contributed by atoms with Gasteiger partial charge in [0.1, 0.15) is 6.54 Å². The number of hydrogen-bond donors (Lipinski definition) is 0. The summed E-state index contributed by atoms with van der Waals surface area (Å²) in [6, 6.07) is 9.27. The first-order valence-corrected chi connectivity index (χ1v) is 7.46. The Balaban J connectivity index is 1.83. The Bertz CT molecular complexity index is 795. The van der Waals surface area contributed by atoms with Gasteiger partial charge in [-0.1, -0.05) is 5.16 Å². The van der Waals surface area contributed by atoms with Crippen LogP contribution < -0.4 is 5.56 Å². The molecule has 1 aromatic carbocycles. The molecule has 106 valence electrons.